The Morgan fingerprint density at radius 1 is 1.31 bits per heavy atom. The van der Waals surface area contributed by atoms with Crippen molar-refractivity contribution in [2.45, 2.75) is 0 Å². The predicted molar refractivity (Wildman–Crippen MR) is 63.0 cm³/mol. The number of aliphatic imine (C=N–C) groups is 1. The van der Waals surface area contributed by atoms with Gasteiger partial charge in [0.25, 0.3) is 0 Å². The molecule has 0 aliphatic carbocycles. The number of halogens is 1. The van der Waals surface area contributed by atoms with E-state index in [0.717, 1.165) is 26.4 Å². The normalized spacial score (nSPS) is 16.1. The number of hydrogen-bond acceptors (Lipinski definition) is 2. The number of benzene rings is 1. The van der Waals surface area contributed by atoms with Crippen LogP contribution in [0.25, 0.3) is 0 Å². The molecule has 0 N–H and O–H groups in total. The summed E-state index contributed by atoms with van der Waals surface area (Å²) in [6.45, 7) is 0. The van der Waals surface area contributed by atoms with Gasteiger partial charge in [-0.2, -0.15) is 0 Å². The topological polar surface area (TPSA) is 12.4 Å². The molecule has 0 radical (unpaired) electrons. The lowest BCUT2D eigenvalue weighted by Gasteiger charge is -1.97. The summed E-state index contributed by atoms with van der Waals surface area (Å²) in [5, 5.41) is 0.748. The molecule has 0 saturated heterocycles. The first-order valence-electron chi connectivity index (χ1n) is 3.76. The third-order valence-corrected chi connectivity index (χ3v) is 3.19. The molecule has 0 unspecified atom stereocenters. The van der Waals surface area contributed by atoms with Crippen LogP contribution in [0, 0.1) is 0 Å². The molecule has 0 saturated carbocycles. The minimum atomic E-state index is 0.727. The number of thioether (sulfide) groups is 1. The summed E-state index contributed by atoms with van der Waals surface area (Å²) in [5.41, 5.74) is 2.16. The summed E-state index contributed by atoms with van der Waals surface area (Å²) in [7, 11) is 0. The van der Waals surface area contributed by atoms with Crippen LogP contribution in [-0.4, -0.2) is 15.8 Å². The van der Waals surface area contributed by atoms with Gasteiger partial charge >= 0.3 is 0 Å². The van der Waals surface area contributed by atoms with E-state index in [2.05, 4.69) is 4.99 Å². The monoisotopic (exact) mass is 227 g/mol. The maximum atomic E-state index is 5.78. The fourth-order valence-corrected chi connectivity index (χ4v) is 2.17. The summed E-state index contributed by atoms with van der Waals surface area (Å²) in [4.78, 5) is 4.26. The van der Waals surface area contributed by atoms with Crippen LogP contribution in [0.1, 0.15) is 5.56 Å². The van der Waals surface area contributed by atoms with Crippen molar-refractivity contribution in [2.75, 3.05) is 5.75 Å². The summed E-state index contributed by atoms with van der Waals surface area (Å²) in [6.07, 6.45) is 0. The molecule has 1 aliphatic heterocycles. The van der Waals surface area contributed by atoms with Gasteiger partial charge in [-0.1, -0.05) is 47.7 Å². The zero-order valence-electron chi connectivity index (χ0n) is 6.66. The smallest absolute Gasteiger partial charge is 0.160 e. The van der Waals surface area contributed by atoms with Gasteiger partial charge in [0.1, 0.15) is 0 Å². The maximum absolute atomic E-state index is 5.78. The Morgan fingerprint density at radius 3 is 2.54 bits per heavy atom. The van der Waals surface area contributed by atoms with E-state index in [0.29, 0.717) is 0 Å². The lowest BCUT2D eigenvalue weighted by Crippen LogP contribution is -1.98. The Labute approximate surface area is 91.2 Å². The Balaban J connectivity index is 2.31. The highest BCUT2D eigenvalue weighted by atomic mass is 35.5. The van der Waals surface area contributed by atoms with Crippen LogP contribution >= 0.6 is 35.6 Å². The molecule has 66 valence electrons. The highest BCUT2D eigenvalue weighted by Gasteiger charge is 2.12. The molecule has 2 rings (SSSR count). The zero-order chi connectivity index (χ0) is 9.26. The highest BCUT2D eigenvalue weighted by molar-refractivity contribution is 8.23. The number of thiocarbonyl (C=S) groups is 1. The van der Waals surface area contributed by atoms with Gasteiger partial charge in [0.2, 0.25) is 0 Å². The van der Waals surface area contributed by atoms with Gasteiger partial charge in [-0.05, 0) is 17.7 Å². The van der Waals surface area contributed by atoms with Gasteiger partial charge in [0.15, 0.2) is 4.32 Å². The van der Waals surface area contributed by atoms with Gasteiger partial charge in [-0.25, -0.2) is 4.99 Å². The number of rotatable bonds is 1. The lowest BCUT2D eigenvalue weighted by molar-refractivity contribution is 1.60. The van der Waals surface area contributed by atoms with Gasteiger partial charge < -0.3 is 0 Å². The predicted octanol–water partition coefficient (Wildman–Crippen LogP) is 3.16. The van der Waals surface area contributed by atoms with Gasteiger partial charge in [-0.15, -0.1) is 0 Å². The van der Waals surface area contributed by atoms with Crippen molar-refractivity contribution in [3.63, 3.8) is 0 Å². The molecule has 1 aromatic rings. The van der Waals surface area contributed by atoms with Crippen LogP contribution in [-0.2, 0) is 0 Å². The maximum Gasteiger partial charge on any atom is 0.160 e. The van der Waals surface area contributed by atoms with Crippen molar-refractivity contribution in [1.29, 1.82) is 0 Å². The van der Waals surface area contributed by atoms with E-state index in [9.17, 15) is 0 Å². The van der Waals surface area contributed by atoms with Crippen LogP contribution in [0.15, 0.2) is 29.3 Å². The first-order valence-corrected chi connectivity index (χ1v) is 5.53. The lowest BCUT2D eigenvalue weighted by atomic mass is 10.1. The van der Waals surface area contributed by atoms with Crippen LogP contribution in [0.2, 0.25) is 5.02 Å². The standard InChI is InChI=1S/C9H6ClNS2/c10-7-3-1-6(2-4-7)8-5-13-9(12)11-8/h1-4H,5H2. The molecular weight excluding hydrogens is 222 g/mol. The fraction of sp³-hybridized carbons (Fsp3) is 0.111. The van der Waals surface area contributed by atoms with E-state index in [4.69, 9.17) is 23.8 Å². The molecule has 0 bridgehead atoms. The van der Waals surface area contributed by atoms with E-state index in [1.165, 1.54) is 0 Å². The average Bonchev–Trinajstić information content (AvgIpc) is 2.53. The molecule has 13 heavy (non-hydrogen) atoms. The minimum Gasteiger partial charge on any atom is -0.233 e. The van der Waals surface area contributed by atoms with E-state index in [-0.39, 0.29) is 0 Å². The van der Waals surface area contributed by atoms with Gasteiger partial charge in [0, 0.05) is 10.8 Å². The van der Waals surface area contributed by atoms with Crippen molar-refractivity contribution in [1.82, 2.24) is 0 Å². The third-order valence-electron chi connectivity index (χ3n) is 1.74. The Bertz CT molecular complexity index is 370. The van der Waals surface area contributed by atoms with Crippen LogP contribution in [0.4, 0.5) is 0 Å². The molecule has 4 heteroatoms. The van der Waals surface area contributed by atoms with Crippen LogP contribution in [0.5, 0.6) is 0 Å². The number of hydrogen-bond donors (Lipinski definition) is 0. The third kappa shape index (κ3) is 2.10. The van der Waals surface area contributed by atoms with Crippen molar-refractivity contribution in [3.05, 3.63) is 34.9 Å². The number of nitrogens with zero attached hydrogens (tertiary/aromatic N) is 1. The molecule has 0 fully saturated rings. The Hall–Kier alpha value is -0.380. The molecule has 0 atom stereocenters. The highest BCUT2D eigenvalue weighted by Crippen LogP contribution is 2.20. The Kier molecular flexibility index (Phi) is 2.67. The average molecular weight is 228 g/mol. The second-order valence-corrected chi connectivity index (χ2v) is 4.67. The van der Waals surface area contributed by atoms with E-state index in [1.807, 2.05) is 24.3 Å². The minimum absolute atomic E-state index is 0.727. The molecule has 1 heterocycles. The van der Waals surface area contributed by atoms with Crippen molar-refractivity contribution >= 4 is 45.6 Å². The van der Waals surface area contributed by atoms with Gasteiger partial charge in [0.05, 0.1) is 5.71 Å². The SMILES string of the molecule is S=C1N=C(c2ccc(Cl)cc2)CS1. The summed E-state index contributed by atoms with van der Waals surface area (Å²) in [5.74, 6) is 0.875. The van der Waals surface area contributed by atoms with Crippen molar-refractivity contribution in [3.8, 4) is 0 Å². The fourth-order valence-electron chi connectivity index (χ4n) is 1.09. The molecule has 1 aromatic carbocycles. The Morgan fingerprint density at radius 2 is 2.00 bits per heavy atom. The van der Waals surface area contributed by atoms with Crippen LogP contribution < -0.4 is 0 Å². The second-order valence-electron chi connectivity index (χ2n) is 2.62. The van der Waals surface area contributed by atoms with E-state index in [1.54, 1.807) is 11.8 Å². The van der Waals surface area contributed by atoms with Crippen molar-refractivity contribution in [2.24, 2.45) is 4.99 Å². The first-order chi connectivity index (χ1) is 6.25. The molecular formula is C9H6ClNS2. The summed E-state index contributed by atoms with van der Waals surface area (Å²) < 4.78 is 0.727. The van der Waals surface area contributed by atoms with E-state index >= 15 is 0 Å². The summed E-state index contributed by atoms with van der Waals surface area (Å²) >= 11 is 12.3. The molecule has 1 aliphatic rings. The summed E-state index contributed by atoms with van der Waals surface area (Å²) in [6, 6.07) is 7.67. The molecule has 0 aromatic heterocycles. The van der Waals surface area contributed by atoms with Gasteiger partial charge in [-0.3, -0.25) is 0 Å². The quantitative estimate of drug-likeness (QED) is 0.684. The van der Waals surface area contributed by atoms with Crippen molar-refractivity contribution < 1.29 is 0 Å². The largest absolute Gasteiger partial charge is 0.233 e. The van der Waals surface area contributed by atoms with Crippen LogP contribution in [0.3, 0.4) is 0 Å². The van der Waals surface area contributed by atoms with E-state index < -0.39 is 0 Å². The molecule has 1 nitrogen and oxygen atoms in total. The first kappa shape index (κ1) is 9.19. The molecule has 0 amide bonds. The molecule has 0 spiro atoms. The second kappa shape index (κ2) is 3.78. The zero-order valence-corrected chi connectivity index (χ0v) is 9.05.